The van der Waals surface area contributed by atoms with Crippen LogP contribution in [0.2, 0.25) is 0 Å². The standard InChI is InChI=1S/C20H22N2O/c23-12-11-21-19-8-4-7-16-17-13-15(14-5-2-1-3-6-14)9-10-18(17)22-20(16)19/h1-3,5-6,9-10,13,19,21-23H,4,7-8,11-12H2. The van der Waals surface area contributed by atoms with Crippen LogP contribution in [0.3, 0.4) is 0 Å². The first-order valence-corrected chi connectivity index (χ1v) is 8.41. The van der Waals surface area contributed by atoms with Gasteiger partial charge in [0.2, 0.25) is 0 Å². The number of aryl methyl sites for hydroxylation is 1. The smallest absolute Gasteiger partial charge is 0.0556 e. The molecule has 2 aromatic carbocycles. The van der Waals surface area contributed by atoms with E-state index >= 15 is 0 Å². The van der Waals surface area contributed by atoms with Crippen molar-refractivity contribution in [3.8, 4) is 11.1 Å². The Bertz CT molecular complexity index is 807. The molecule has 0 fully saturated rings. The van der Waals surface area contributed by atoms with Crippen LogP contribution in [-0.4, -0.2) is 23.2 Å². The Kier molecular flexibility index (Phi) is 3.90. The number of aromatic nitrogens is 1. The first-order chi connectivity index (χ1) is 11.4. The summed E-state index contributed by atoms with van der Waals surface area (Å²) in [5.74, 6) is 0. The van der Waals surface area contributed by atoms with E-state index < -0.39 is 0 Å². The summed E-state index contributed by atoms with van der Waals surface area (Å²) in [5, 5.41) is 13.9. The molecule has 0 aliphatic heterocycles. The van der Waals surface area contributed by atoms with Crippen LogP contribution in [0.5, 0.6) is 0 Å². The van der Waals surface area contributed by atoms with Gasteiger partial charge in [0.25, 0.3) is 0 Å². The van der Waals surface area contributed by atoms with Gasteiger partial charge in [-0.1, -0.05) is 36.4 Å². The number of benzene rings is 2. The van der Waals surface area contributed by atoms with Crippen molar-refractivity contribution in [1.82, 2.24) is 10.3 Å². The molecule has 4 rings (SSSR count). The fraction of sp³-hybridized carbons (Fsp3) is 0.300. The number of aliphatic hydroxyl groups is 1. The second-order valence-electron chi connectivity index (χ2n) is 6.27. The minimum atomic E-state index is 0.185. The van der Waals surface area contributed by atoms with Crippen LogP contribution in [0.15, 0.2) is 48.5 Å². The third-order valence-corrected chi connectivity index (χ3v) is 4.82. The van der Waals surface area contributed by atoms with Crippen molar-refractivity contribution in [1.29, 1.82) is 0 Å². The van der Waals surface area contributed by atoms with E-state index in [-0.39, 0.29) is 6.61 Å². The molecule has 0 saturated heterocycles. The zero-order chi connectivity index (χ0) is 15.6. The van der Waals surface area contributed by atoms with Crippen molar-refractivity contribution < 1.29 is 5.11 Å². The number of hydrogen-bond donors (Lipinski definition) is 3. The number of fused-ring (bicyclic) bond motifs is 3. The Morgan fingerprint density at radius 3 is 2.78 bits per heavy atom. The predicted octanol–water partition coefficient (Wildman–Crippen LogP) is 3.79. The Labute approximate surface area is 136 Å². The van der Waals surface area contributed by atoms with Crippen molar-refractivity contribution in [3.63, 3.8) is 0 Å². The highest BCUT2D eigenvalue weighted by molar-refractivity contribution is 5.89. The minimum Gasteiger partial charge on any atom is -0.395 e. The summed E-state index contributed by atoms with van der Waals surface area (Å²) in [6.45, 7) is 0.832. The summed E-state index contributed by atoms with van der Waals surface area (Å²) >= 11 is 0. The zero-order valence-electron chi connectivity index (χ0n) is 13.2. The predicted molar refractivity (Wildman–Crippen MR) is 94.5 cm³/mol. The van der Waals surface area contributed by atoms with Crippen LogP contribution in [-0.2, 0) is 6.42 Å². The maximum absolute atomic E-state index is 9.07. The molecule has 3 heteroatoms. The topological polar surface area (TPSA) is 48.0 Å². The molecule has 3 N–H and O–H groups in total. The van der Waals surface area contributed by atoms with E-state index in [4.69, 9.17) is 5.11 Å². The lowest BCUT2D eigenvalue weighted by molar-refractivity contribution is 0.280. The van der Waals surface area contributed by atoms with E-state index in [9.17, 15) is 0 Å². The van der Waals surface area contributed by atoms with Crippen molar-refractivity contribution in [2.24, 2.45) is 0 Å². The molecule has 1 heterocycles. The largest absolute Gasteiger partial charge is 0.395 e. The Hall–Kier alpha value is -2.10. The summed E-state index contributed by atoms with van der Waals surface area (Å²) in [6, 6.07) is 17.6. The molecule has 3 aromatic rings. The molecule has 1 aromatic heterocycles. The van der Waals surface area contributed by atoms with E-state index in [1.165, 1.54) is 39.7 Å². The Morgan fingerprint density at radius 1 is 1.09 bits per heavy atom. The molecule has 118 valence electrons. The minimum absolute atomic E-state index is 0.185. The number of nitrogens with one attached hydrogen (secondary N) is 2. The molecule has 1 atom stereocenters. The van der Waals surface area contributed by atoms with Gasteiger partial charge >= 0.3 is 0 Å². The SMILES string of the molecule is OCCNC1CCCc2c1[nH]c1ccc(-c3ccccc3)cc21. The lowest BCUT2D eigenvalue weighted by Gasteiger charge is -2.23. The maximum Gasteiger partial charge on any atom is 0.0556 e. The summed E-state index contributed by atoms with van der Waals surface area (Å²) in [5.41, 5.74) is 6.50. The van der Waals surface area contributed by atoms with Crippen LogP contribution < -0.4 is 5.32 Å². The quantitative estimate of drug-likeness (QED) is 0.687. The Balaban J connectivity index is 1.77. The van der Waals surface area contributed by atoms with Gasteiger partial charge in [-0.2, -0.15) is 0 Å². The first kappa shape index (κ1) is 14.5. The second-order valence-corrected chi connectivity index (χ2v) is 6.27. The van der Waals surface area contributed by atoms with Gasteiger partial charge in [0.15, 0.2) is 0 Å². The van der Waals surface area contributed by atoms with E-state index in [0.717, 1.165) is 12.8 Å². The van der Waals surface area contributed by atoms with Crippen LogP contribution in [0.25, 0.3) is 22.0 Å². The third kappa shape index (κ3) is 2.67. The van der Waals surface area contributed by atoms with Crippen LogP contribution in [0.1, 0.15) is 30.1 Å². The van der Waals surface area contributed by atoms with Crippen molar-refractivity contribution in [2.45, 2.75) is 25.3 Å². The lowest BCUT2D eigenvalue weighted by atomic mass is 9.91. The lowest BCUT2D eigenvalue weighted by Crippen LogP contribution is -2.27. The van der Waals surface area contributed by atoms with Gasteiger partial charge in [0.1, 0.15) is 0 Å². The molecule has 3 nitrogen and oxygen atoms in total. The van der Waals surface area contributed by atoms with Crippen LogP contribution in [0, 0.1) is 0 Å². The molecule has 23 heavy (non-hydrogen) atoms. The fourth-order valence-electron chi connectivity index (χ4n) is 3.72. The van der Waals surface area contributed by atoms with E-state index in [0.29, 0.717) is 12.6 Å². The van der Waals surface area contributed by atoms with Gasteiger partial charge in [-0.05, 0) is 48.1 Å². The third-order valence-electron chi connectivity index (χ3n) is 4.82. The highest BCUT2D eigenvalue weighted by Gasteiger charge is 2.23. The van der Waals surface area contributed by atoms with Gasteiger partial charge in [-0.15, -0.1) is 0 Å². The van der Waals surface area contributed by atoms with Gasteiger partial charge in [-0.25, -0.2) is 0 Å². The average Bonchev–Trinajstić information content (AvgIpc) is 2.99. The summed E-state index contributed by atoms with van der Waals surface area (Å²) in [4.78, 5) is 3.61. The number of aliphatic hydroxyl groups excluding tert-OH is 1. The molecule has 1 aliphatic carbocycles. The van der Waals surface area contributed by atoms with E-state index in [1.807, 2.05) is 0 Å². The van der Waals surface area contributed by atoms with Gasteiger partial charge < -0.3 is 15.4 Å². The Morgan fingerprint density at radius 2 is 1.96 bits per heavy atom. The molecule has 0 amide bonds. The molecule has 0 spiro atoms. The first-order valence-electron chi connectivity index (χ1n) is 8.41. The van der Waals surface area contributed by atoms with Crippen molar-refractivity contribution in [3.05, 3.63) is 59.8 Å². The van der Waals surface area contributed by atoms with Crippen molar-refractivity contribution >= 4 is 10.9 Å². The summed E-state index contributed by atoms with van der Waals surface area (Å²) in [7, 11) is 0. The van der Waals surface area contributed by atoms with Gasteiger partial charge in [0, 0.05) is 29.2 Å². The zero-order valence-corrected chi connectivity index (χ0v) is 13.2. The molecular weight excluding hydrogens is 284 g/mol. The van der Waals surface area contributed by atoms with Crippen molar-refractivity contribution in [2.75, 3.05) is 13.2 Å². The van der Waals surface area contributed by atoms with E-state index in [2.05, 4.69) is 58.8 Å². The number of aromatic amines is 1. The van der Waals surface area contributed by atoms with Gasteiger partial charge in [0.05, 0.1) is 6.61 Å². The normalized spacial score (nSPS) is 17.3. The highest BCUT2D eigenvalue weighted by Crippen LogP contribution is 2.36. The number of hydrogen-bond acceptors (Lipinski definition) is 2. The molecule has 0 radical (unpaired) electrons. The average molecular weight is 306 g/mol. The second kappa shape index (κ2) is 6.19. The monoisotopic (exact) mass is 306 g/mol. The summed E-state index contributed by atoms with van der Waals surface area (Å²) in [6.07, 6.45) is 3.45. The van der Waals surface area contributed by atoms with Crippen LogP contribution in [0.4, 0.5) is 0 Å². The maximum atomic E-state index is 9.07. The van der Waals surface area contributed by atoms with Gasteiger partial charge in [-0.3, -0.25) is 0 Å². The summed E-state index contributed by atoms with van der Waals surface area (Å²) < 4.78 is 0. The molecule has 1 aliphatic rings. The van der Waals surface area contributed by atoms with E-state index in [1.54, 1.807) is 0 Å². The molecule has 0 bridgehead atoms. The number of H-pyrrole nitrogens is 1. The molecule has 0 saturated carbocycles. The molecular formula is C20H22N2O. The molecule has 1 unspecified atom stereocenters. The number of rotatable bonds is 4. The fourth-order valence-corrected chi connectivity index (χ4v) is 3.72. The highest BCUT2D eigenvalue weighted by atomic mass is 16.3. The van der Waals surface area contributed by atoms with Crippen LogP contribution >= 0.6 is 0 Å².